The van der Waals surface area contributed by atoms with Gasteiger partial charge in [-0.2, -0.15) is 0 Å². The molecule has 3 aromatic rings. The van der Waals surface area contributed by atoms with Gasteiger partial charge in [-0.1, -0.05) is 17.7 Å². The van der Waals surface area contributed by atoms with Gasteiger partial charge in [0, 0.05) is 16.9 Å². The maximum absolute atomic E-state index is 6.12. The number of nitrogens with two attached hydrogens (primary N) is 2. The van der Waals surface area contributed by atoms with Crippen LogP contribution < -0.4 is 11.5 Å². The third-order valence-electron chi connectivity index (χ3n) is 2.59. The largest absolute Gasteiger partial charge is 0.399 e. The molecule has 0 aliphatic carbocycles. The van der Waals surface area contributed by atoms with Crippen LogP contribution in [0.4, 0.5) is 11.4 Å². The molecule has 0 fully saturated rings. The highest BCUT2D eigenvalue weighted by Gasteiger charge is 2.09. The Morgan fingerprint density at radius 3 is 2.44 bits per heavy atom. The third kappa shape index (κ3) is 1.89. The van der Waals surface area contributed by atoms with Gasteiger partial charge in [-0.05, 0) is 30.3 Å². The Kier molecular flexibility index (Phi) is 2.61. The number of anilines is 2. The smallest absolute Gasteiger partial charge is 0.124 e. The number of nitrogen functional groups attached to an aromatic ring is 2. The van der Waals surface area contributed by atoms with E-state index in [0.29, 0.717) is 16.4 Å². The zero-order valence-corrected chi connectivity index (χ0v) is 10.9. The summed E-state index contributed by atoms with van der Waals surface area (Å²) in [6.45, 7) is 0. The summed E-state index contributed by atoms with van der Waals surface area (Å²) in [6.07, 6.45) is 0. The summed E-state index contributed by atoms with van der Waals surface area (Å²) >= 11 is 7.69. The fourth-order valence-electron chi connectivity index (χ4n) is 1.84. The number of benzene rings is 2. The van der Waals surface area contributed by atoms with Crippen molar-refractivity contribution in [2.24, 2.45) is 0 Å². The summed E-state index contributed by atoms with van der Waals surface area (Å²) < 4.78 is 1.05. The monoisotopic (exact) mass is 275 g/mol. The molecule has 18 heavy (non-hydrogen) atoms. The minimum atomic E-state index is 0.635. The van der Waals surface area contributed by atoms with Crippen molar-refractivity contribution in [3.05, 3.63) is 41.4 Å². The molecule has 0 amide bonds. The highest BCUT2D eigenvalue weighted by molar-refractivity contribution is 7.21. The predicted molar refractivity (Wildman–Crippen MR) is 78.9 cm³/mol. The zero-order valence-electron chi connectivity index (χ0n) is 9.35. The van der Waals surface area contributed by atoms with E-state index in [-0.39, 0.29) is 0 Å². The van der Waals surface area contributed by atoms with Crippen LogP contribution in [-0.2, 0) is 0 Å². The first-order chi connectivity index (χ1) is 8.63. The topological polar surface area (TPSA) is 64.9 Å². The van der Waals surface area contributed by atoms with Crippen LogP contribution in [0.2, 0.25) is 5.02 Å². The molecule has 0 bridgehead atoms. The van der Waals surface area contributed by atoms with Crippen LogP contribution in [0.5, 0.6) is 0 Å². The van der Waals surface area contributed by atoms with Gasteiger partial charge < -0.3 is 11.5 Å². The highest BCUT2D eigenvalue weighted by Crippen LogP contribution is 2.34. The van der Waals surface area contributed by atoms with Crippen LogP contribution in [0.3, 0.4) is 0 Å². The average Bonchev–Trinajstić information content (AvgIpc) is 2.73. The molecule has 4 N–H and O–H groups in total. The second-order valence-corrected chi connectivity index (χ2v) is 5.43. The Morgan fingerprint density at radius 1 is 1.06 bits per heavy atom. The van der Waals surface area contributed by atoms with Gasteiger partial charge in [-0.15, -0.1) is 11.3 Å². The predicted octanol–water partition coefficient (Wildman–Crippen LogP) is 3.78. The van der Waals surface area contributed by atoms with Crippen LogP contribution in [0.15, 0.2) is 36.4 Å². The standard InChI is InChI=1S/C13H10ClN3S/c14-10-2-1-3-11-12(10)17-13(18-11)7-4-8(15)6-9(16)5-7/h1-6H,15-16H2. The Balaban J connectivity index is 2.22. The van der Waals surface area contributed by atoms with Crippen molar-refractivity contribution in [2.45, 2.75) is 0 Å². The number of rotatable bonds is 1. The molecule has 0 radical (unpaired) electrons. The van der Waals surface area contributed by atoms with Crippen molar-refractivity contribution in [1.82, 2.24) is 4.98 Å². The number of thiazole rings is 1. The van der Waals surface area contributed by atoms with E-state index < -0.39 is 0 Å². The number of halogens is 1. The van der Waals surface area contributed by atoms with Crippen molar-refractivity contribution < 1.29 is 0 Å². The fraction of sp³-hybridized carbons (Fsp3) is 0. The summed E-state index contributed by atoms with van der Waals surface area (Å²) in [4.78, 5) is 4.54. The molecule has 2 aromatic carbocycles. The van der Waals surface area contributed by atoms with E-state index in [1.54, 1.807) is 17.4 Å². The molecule has 0 aliphatic heterocycles. The van der Waals surface area contributed by atoms with E-state index in [4.69, 9.17) is 23.1 Å². The molecule has 3 nitrogen and oxygen atoms in total. The first-order valence-corrected chi connectivity index (χ1v) is 6.54. The number of nitrogens with zero attached hydrogens (tertiary/aromatic N) is 1. The molecule has 0 spiro atoms. The minimum Gasteiger partial charge on any atom is -0.399 e. The quantitative estimate of drug-likeness (QED) is 0.664. The summed E-state index contributed by atoms with van der Waals surface area (Å²) in [5.41, 5.74) is 14.6. The van der Waals surface area contributed by atoms with Gasteiger partial charge >= 0.3 is 0 Å². The second-order valence-electron chi connectivity index (χ2n) is 3.99. The maximum Gasteiger partial charge on any atom is 0.124 e. The van der Waals surface area contributed by atoms with Crippen molar-refractivity contribution in [3.63, 3.8) is 0 Å². The molecule has 0 atom stereocenters. The van der Waals surface area contributed by atoms with Crippen LogP contribution in [-0.4, -0.2) is 4.98 Å². The minimum absolute atomic E-state index is 0.635. The van der Waals surface area contributed by atoms with Gasteiger partial charge in [-0.25, -0.2) is 4.98 Å². The lowest BCUT2D eigenvalue weighted by molar-refractivity contribution is 1.48. The summed E-state index contributed by atoms with van der Waals surface area (Å²) in [6, 6.07) is 11.2. The van der Waals surface area contributed by atoms with E-state index >= 15 is 0 Å². The molecule has 1 heterocycles. The first-order valence-electron chi connectivity index (χ1n) is 5.35. The van der Waals surface area contributed by atoms with Gasteiger partial charge in [0.15, 0.2) is 0 Å². The summed E-state index contributed by atoms with van der Waals surface area (Å²) in [7, 11) is 0. The Bertz CT molecular complexity index is 716. The number of hydrogen-bond donors (Lipinski definition) is 2. The molecule has 3 rings (SSSR count). The van der Waals surface area contributed by atoms with Crippen molar-refractivity contribution in [2.75, 3.05) is 11.5 Å². The van der Waals surface area contributed by atoms with Crippen molar-refractivity contribution in [3.8, 4) is 10.6 Å². The van der Waals surface area contributed by atoms with Crippen molar-refractivity contribution in [1.29, 1.82) is 0 Å². The van der Waals surface area contributed by atoms with Crippen LogP contribution in [0.25, 0.3) is 20.8 Å². The van der Waals surface area contributed by atoms with E-state index in [0.717, 1.165) is 20.8 Å². The maximum atomic E-state index is 6.12. The van der Waals surface area contributed by atoms with Crippen LogP contribution in [0.1, 0.15) is 0 Å². The molecule has 5 heteroatoms. The van der Waals surface area contributed by atoms with E-state index in [1.807, 2.05) is 30.3 Å². The van der Waals surface area contributed by atoms with Gasteiger partial charge in [0.2, 0.25) is 0 Å². The first kappa shape index (κ1) is 11.3. The molecular weight excluding hydrogens is 266 g/mol. The molecule has 1 aromatic heterocycles. The lowest BCUT2D eigenvalue weighted by atomic mass is 10.2. The number of hydrogen-bond acceptors (Lipinski definition) is 4. The molecule has 0 unspecified atom stereocenters. The average molecular weight is 276 g/mol. The Morgan fingerprint density at radius 2 is 1.78 bits per heavy atom. The highest BCUT2D eigenvalue weighted by atomic mass is 35.5. The third-order valence-corrected chi connectivity index (χ3v) is 3.97. The Labute approximate surface area is 113 Å². The van der Waals surface area contributed by atoms with Gasteiger partial charge in [-0.3, -0.25) is 0 Å². The fourth-order valence-corrected chi connectivity index (χ4v) is 3.09. The molecule has 90 valence electrons. The van der Waals surface area contributed by atoms with Gasteiger partial charge in [0.25, 0.3) is 0 Å². The number of para-hydroxylation sites is 1. The summed E-state index contributed by atoms with van der Waals surface area (Å²) in [5.74, 6) is 0. The van der Waals surface area contributed by atoms with Gasteiger partial charge in [0.05, 0.1) is 9.72 Å². The molecule has 0 saturated heterocycles. The van der Waals surface area contributed by atoms with Crippen LogP contribution >= 0.6 is 22.9 Å². The SMILES string of the molecule is Nc1cc(N)cc(-c2nc3c(Cl)cccc3s2)c1. The van der Waals surface area contributed by atoms with E-state index in [9.17, 15) is 0 Å². The van der Waals surface area contributed by atoms with Crippen LogP contribution in [0, 0.1) is 0 Å². The number of aromatic nitrogens is 1. The van der Waals surface area contributed by atoms with E-state index in [1.165, 1.54) is 0 Å². The number of fused-ring (bicyclic) bond motifs is 1. The lowest BCUT2D eigenvalue weighted by Gasteiger charge is -2.00. The lowest BCUT2D eigenvalue weighted by Crippen LogP contribution is -1.91. The molecule has 0 saturated carbocycles. The van der Waals surface area contributed by atoms with E-state index in [2.05, 4.69) is 4.98 Å². The molecule has 0 aliphatic rings. The van der Waals surface area contributed by atoms with Gasteiger partial charge in [0.1, 0.15) is 10.5 Å². The second kappa shape index (κ2) is 4.15. The normalized spacial score (nSPS) is 10.9. The van der Waals surface area contributed by atoms with Crippen molar-refractivity contribution >= 4 is 44.5 Å². The Hall–Kier alpha value is -1.78. The summed E-state index contributed by atoms with van der Waals surface area (Å²) in [5, 5.41) is 1.53. The zero-order chi connectivity index (χ0) is 12.7. The molecular formula is C13H10ClN3S.